The van der Waals surface area contributed by atoms with Crippen LogP contribution in [0.5, 0.6) is 5.75 Å². The quantitative estimate of drug-likeness (QED) is 0.898. The van der Waals surface area contributed by atoms with Gasteiger partial charge < -0.3 is 14.8 Å². The number of nitrogens with zero attached hydrogens (tertiary/aromatic N) is 1. The van der Waals surface area contributed by atoms with Gasteiger partial charge in [-0.1, -0.05) is 25.1 Å². The van der Waals surface area contributed by atoms with Gasteiger partial charge in [0.25, 0.3) is 0 Å². The van der Waals surface area contributed by atoms with E-state index in [1.165, 1.54) is 12.0 Å². The van der Waals surface area contributed by atoms with Crippen molar-refractivity contribution in [2.45, 2.75) is 25.9 Å². The van der Waals surface area contributed by atoms with Crippen LogP contribution in [0, 0.1) is 5.92 Å². The largest absolute Gasteiger partial charge is 0.492 e. The topological polar surface area (TPSA) is 33.7 Å². The lowest BCUT2D eigenvalue weighted by molar-refractivity contribution is 0.154. The Balaban J connectivity index is 1.65. The Labute approximate surface area is 127 Å². The van der Waals surface area contributed by atoms with Crippen LogP contribution < -0.4 is 10.1 Å². The van der Waals surface area contributed by atoms with E-state index in [9.17, 15) is 0 Å². The predicted octanol–water partition coefficient (Wildman–Crippen LogP) is 1.90. The molecule has 0 aliphatic carbocycles. The first-order valence-electron chi connectivity index (χ1n) is 8.11. The minimum Gasteiger partial charge on any atom is -0.492 e. The molecule has 0 spiro atoms. The Bertz CT molecular complexity index is 446. The van der Waals surface area contributed by atoms with Crippen LogP contribution in [0.15, 0.2) is 24.3 Å². The lowest BCUT2D eigenvalue weighted by Crippen LogP contribution is -2.46. The van der Waals surface area contributed by atoms with Gasteiger partial charge in [0, 0.05) is 43.8 Å². The number of hydrogen-bond acceptors (Lipinski definition) is 4. The van der Waals surface area contributed by atoms with Crippen LogP contribution in [0.3, 0.4) is 0 Å². The highest BCUT2D eigenvalue weighted by atomic mass is 16.5. The van der Waals surface area contributed by atoms with E-state index in [-0.39, 0.29) is 0 Å². The molecule has 21 heavy (non-hydrogen) atoms. The summed E-state index contributed by atoms with van der Waals surface area (Å²) >= 11 is 0. The standard InChI is InChI=1S/C17H26N2O2/c1-2-18-16(15-7-9-20-13-15)12-19-8-10-21-17-6-4-3-5-14(17)11-19/h3-6,15-16,18H,2,7-13H2,1H3. The molecule has 0 radical (unpaired) electrons. The molecule has 2 atom stereocenters. The van der Waals surface area contributed by atoms with Crippen molar-refractivity contribution in [1.29, 1.82) is 0 Å². The van der Waals surface area contributed by atoms with Gasteiger partial charge in [-0.25, -0.2) is 0 Å². The van der Waals surface area contributed by atoms with Gasteiger partial charge in [-0.2, -0.15) is 0 Å². The number of para-hydroxylation sites is 1. The first-order chi connectivity index (χ1) is 10.4. The van der Waals surface area contributed by atoms with E-state index in [0.29, 0.717) is 12.0 Å². The average molecular weight is 290 g/mol. The Morgan fingerprint density at radius 3 is 3.05 bits per heavy atom. The summed E-state index contributed by atoms with van der Waals surface area (Å²) in [5.41, 5.74) is 1.30. The van der Waals surface area contributed by atoms with E-state index in [1.54, 1.807) is 0 Å². The molecule has 2 heterocycles. The molecule has 4 heteroatoms. The molecule has 116 valence electrons. The Hall–Kier alpha value is -1.10. The first kappa shape index (κ1) is 14.8. The van der Waals surface area contributed by atoms with Crippen LogP contribution in [0.1, 0.15) is 18.9 Å². The molecule has 1 saturated heterocycles. The lowest BCUT2D eigenvalue weighted by Gasteiger charge is -2.29. The second kappa shape index (κ2) is 7.25. The predicted molar refractivity (Wildman–Crippen MR) is 83.6 cm³/mol. The minimum atomic E-state index is 0.516. The Kier molecular flexibility index (Phi) is 5.12. The molecule has 1 aromatic rings. The molecule has 4 nitrogen and oxygen atoms in total. The average Bonchev–Trinajstić information content (AvgIpc) is 2.95. The SMILES string of the molecule is CCNC(CN1CCOc2ccccc2C1)C1CCOC1. The van der Waals surface area contributed by atoms with Gasteiger partial charge in [0.15, 0.2) is 0 Å². The zero-order valence-electron chi connectivity index (χ0n) is 12.9. The highest BCUT2D eigenvalue weighted by Crippen LogP contribution is 2.24. The first-order valence-corrected chi connectivity index (χ1v) is 8.11. The van der Waals surface area contributed by atoms with Crippen LogP contribution in [0.2, 0.25) is 0 Å². The van der Waals surface area contributed by atoms with E-state index in [2.05, 4.69) is 35.3 Å². The third-order valence-electron chi connectivity index (χ3n) is 4.49. The fraction of sp³-hybridized carbons (Fsp3) is 0.647. The van der Waals surface area contributed by atoms with Crippen LogP contribution in [-0.4, -0.2) is 50.4 Å². The summed E-state index contributed by atoms with van der Waals surface area (Å²) in [4.78, 5) is 2.51. The van der Waals surface area contributed by atoms with E-state index >= 15 is 0 Å². The van der Waals surface area contributed by atoms with Crippen molar-refractivity contribution < 1.29 is 9.47 Å². The van der Waals surface area contributed by atoms with Crippen molar-refractivity contribution in [1.82, 2.24) is 10.2 Å². The summed E-state index contributed by atoms with van der Waals surface area (Å²) in [5, 5.41) is 3.65. The summed E-state index contributed by atoms with van der Waals surface area (Å²) in [6, 6.07) is 8.91. The number of likely N-dealkylation sites (N-methyl/N-ethyl adjacent to an activating group) is 1. The molecule has 1 N–H and O–H groups in total. The van der Waals surface area contributed by atoms with Gasteiger partial charge >= 0.3 is 0 Å². The van der Waals surface area contributed by atoms with Crippen LogP contribution in [0.4, 0.5) is 0 Å². The van der Waals surface area contributed by atoms with Gasteiger partial charge in [-0.3, -0.25) is 4.90 Å². The fourth-order valence-corrected chi connectivity index (χ4v) is 3.33. The highest BCUT2D eigenvalue weighted by Gasteiger charge is 2.27. The van der Waals surface area contributed by atoms with E-state index in [1.807, 2.05) is 6.07 Å². The number of ether oxygens (including phenoxy) is 2. The molecule has 2 unspecified atom stereocenters. The zero-order chi connectivity index (χ0) is 14.5. The molecule has 2 aliphatic heterocycles. The lowest BCUT2D eigenvalue weighted by atomic mass is 9.98. The maximum Gasteiger partial charge on any atom is 0.123 e. The van der Waals surface area contributed by atoms with Crippen LogP contribution in [-0.2, 0) is 11.3 Å². The maximum absolute atomic E-state index is 5.86. The van der Waals surface area contributed by atoms with Crippen molar-refractivity contribution in [3.8, 4) is 5.75 Å². The molecular formula is C17H26N2O2. The smallest absolute Gasteiger partial charge is 0.123 e. The number of hydrogen-bond donors (Lipinski definition) is 1. The number of rotatable bonds is 5. The number of fused-ring (bicyclic) bond motifs is 1. The highest BCUT2D eigenvalue weighted by molar-refractivity contribution is 5.33. The van der Waals surface area contributed by atoms with Gasteiger partial charge in [0.05, 0.1) is 6.61 Å². The van der Waals surface area contributed by atoms with E-state index < -0.39 is 0 Å². The van der Waals surface area contributed by atoms with Crippen molar-refractivity contribution in [3.63, 3.8) is 0 Å². The molecule has 3 rings (SSSR count). The third-order valence-corrected chi connectivity index (χ3v) is 4.49. The van der Waals surface area contributed by atoms with E-state index in [4.69, 9.17) is 9.47 Å². The molecule has 0 bridgehead atoms. The molecule has 0 amide bonds. The summed E-state index contributed by atoms with van der Waals surface area (Å²) in [6.07, 6.45) is 1.18. The molecular weight excluding hydrogens is 264 g/mol. The molecule has 0 aromatic heterocycles. The molecule has 2 aliphatic rings. The normalized spacial score (nSPS) is 24.1. The van der Waals surface area contributed by atoms with Gasteiger partial charge in [-0.05, 0) is 19.0 Å². The van der Waals surface area contributed by atoms with E-state index in [0.717, 1.165) is 51.7 Å². The summed E-state index contributed by atoms with van der Waals surface area (Å²) in [7, 11) is 0. The van der Waals surface area contributed by atoms with Gasteiger partial charge in [0.1, 0.15) is 12.4 Å². The Morgan fingerprint density at radius 1 is 1.33 bits per heavy atom. The molecule has 1 aromatic carbocycles. The summed E-state index contributed by atoms with van der Waals surface area (Å²) in [6.45, 7) is 8.83. The van der Waals surface area contributed by atoms with Crippen LogP contribution in [0.25, 0.3) is 0 Å². The van der Waals surface area contributed by atoms with Crippen molar-refractivity contribution >= 4 is 0 Å². The zero-order valence-corrected chi connectivity index (χ0v) is 12.9. The maximum atomic E-state index is 5.86. The fourth-order valence-electron chi connectivity index (χ4n) is 3.33. The van der Waals surface area contributed by atoms with Gasteiger partial charge in [-0.15, -0.1) is 0 Å². The summed E-state index contributed by atoms with van der Waals surface area (Å²) in [5.74, 6) is 1.69. The molecule has 1 fully saturated rings. The van der Waals surface area contributed by atoms with Crippen molar-refractivity contribution in [2.75, 3.05) is 39.5 Å². The van der Waals surface area contributed by atoms with Crippen molar-refractivity contribution in [2.24, 2.45) is 5.92 Å². The number of benzene rings is 1. The van der Waals surface area contributed by atoms with Crippen LogP contribution >= 0.6 is 0 Å². The molecule has 0 saturated carbocycles. The van der Waals surface area contributed by atoms with Crippen molar-refractivity contribution in [3.05, 3.63) is 29.8 Å². The number of nitrogens with one attached hydrogen (secondary N) is 1. The third kappa shape index (κ3) is 3.76. The minimum absolute atomic E-state index is 0.516. The monoisotopic (exact) mass is 290 g/mol. The summed E-state index contributed by atoms with van der Waals surface area (Å²) < 4.78 is 11.4. The van der Waals surface area contributed by atoms with Gasteiger partial charge in [0.2, 0.25) is 0 Å². The Morgan fingerprint density at radius 2 is 2.24 bits per heavy atom. The second-order valence-corrected chi connectivity index (χ2v) is 5.98. The second-order valence-electron chi connectivity index (χ2n) is 5.98.